The molecule has 0 aromatic carbocycles. The summed E-state index contributed by atoms with van der Waals surface area (Å²) >= 11 is 1.94. The third kappa shape index (κ3) is 2.23. The lowest BCUT2D eigenvalue weighted by molar-refractivity contribution is -0.125. The zero-order chi connectivity index (χ0) is 9.97. The minimum absolute atomic E-state index is 0.216. The molecule has 0 radical (unpaired) electrons. The number of amides is 1. The van der Waals surface area contributed by atoms with Crippen LogP contribution in [-0.4, -0.2) is 36.5 Å². The van der Waals surface area contributed by atoms with Gasteiger partial charge in [0.2, 0.25) is 5.91 Å². The van der Waals surface area contributed by atoms with E-state index in [1.165, 1.54) is 5.75 Å². The molecule has 2 rings (SSSR count). The zero-order valence-electron chi connectivity index (χ0n) is 8.58. The Morgan fingerprint density at radius 2 is 2.36 bits per heavy atom. The minimum Gasteiger partial charge on any atom is -0.352 e. The predicted octanol–water partition coefficient (Wildman–Crippen LogP) is 0.464. The Morgan fingerprint density at radius 3 is 2.93 bits per heavy atom. The maximum absolute atomic E-state index is 11.8. The molecule has 2 aliphatic rings. The van der Waals surface area contributed by atoms with Gasteiger partial charge in [0, 0.05) is 18.3 Å². The number of rotatable bonds is 2. The maximum Gasteiger partial charge on any atom is 0.224 e. The summed E-state index contributed by atoms with van der Waals surface area (Å²) in [7, 11) is 0. The van der Waals surface area contributed by atoms with Crippen molar-refractivity contribution < 1.29 is 4.79 Å². The highest BCUT2D eigenvalue weighted by molar-refractivity contribution is 7.99. The quantitative estimate of drug-likeness (QED) is 0.702. The molecule has 4 heteroatoms. The summed E-state index contributed by atoms with van der Waals surface area (Å²) in [5.41, 5.74) is 0. The molecule has 2 saturated heterocycles. The Hall–Kier alpha value is -0.220. The Labute approximate surface area is 89.4 Å². The van der Waals surface area contributed by atoms with Crippen LogP contribution in [0.1, 0.15) is 13.3 Å². The number of hydrogen-bond acceptors (Lipinski definition) is 3. The first-order chi connectivity index (χ1) is 6.77. The van der Waals surface area contributed by atoms with Crippen molar-refractivity contribution in [3.8, 4) is 0 Å². The summed E-state index contributed by atoms with van der Waals surface area (Å²) in [6.45, 7) is 4.07. The van der Waals surface area contributed by atoms with Crippen molar-refractivity contribution in [1.82, 2.24) is 10.6 Å². The van der Waals surface area contributed by atoms with E-state index in [-0.39, 0.29) is 11.8 Å². The van der Waals surface area contributed by atoms with Gasteiger partial charge in [-0.1, -0.05) is 6.92 Å². The van der Waals surface area contributed by atoms with Gasteiger partial charge in [0.25, 0.3) is 0 Å². The molecule has 0 aliphatic carbocycles. The highest BCUT2D eigenvalue weighted by Crippen LogP contribution is 2.24. The summed E-state index contributed by atoms with van der Waals surface area (Å²) in [4.78, 5) is 11.8. The molecular weight excluding hydrogens is 196 g/mol. The van der Waals surface area contributed by atoms with E-state index in [0.717, 1.165) is 25.3 Å². The average molecular weight is 214 g/mol. The molecule has 3 nitrogen and oxygen atoms in total. The number of carbonyl (C=O) groups excluding carboxylic acids is 1. The number of hydrogen-bond donors (Lipinski definition) is 2. The van der Waals surface area contributed by atoms with E-state index in [2.05, 4.69) is 17.6 Å². The van der Waals surface area contributed by atoms with Crippen molar-refractivity contribution in [2.45, 2.75) is 19.4 Å². The molecule has 14 heavy (non-hydrogen) atoms. The van der Waals surface area contributed by atoms with Gasteiger partial charge in [-0.05, 0) is 24.6 Å². The van der Waals surface area contributed by atoms with Crippen molar-refractivity contribution in [2.75, 3.05) is 24.6 Å². The molecule has 0 bridgehead atoms. The Bertz CT molecular complexity index is 216. The topological polar surface area (TPSA) is 41.1 Å². The van der Waals surface area contributed by atoms with Crippen molar-refractivity contribution in [2.24, 2.45) is 11.8 Å². The normalized spacial score (nSPS) is 37.4. The minimum atomic E-state index is 0.216. The monoisotopic (exact) mass is 214 g/mol. The second-order valence-electron chi connectivity index (χ2n) is 4.32. The standard InChI is InChI=1S/C10H18N2OS/c1-7-5-14-6-9(7)12-10(13)8-2-3-11-4-8/h7-9,11H,2-6H2,1H3,(H,12,13). The van der Waals surface area contributed by atoms with Crippen molar-refractivity contribution in [3.63, 3.8) is 0 Å². The zero-order valence-corrected chi connectivity index (χ0v) is 9.40. The Morgan fingerprint density at radius 1 is 1.50 bits per heavy atom. The molecule has 2 aliphatic heterocycles. The molecule has 3 atom stereocenters. The van der Waals surface area contributed by atoms with Crippen LogP contribution in [0.2, 0.25) is 0 Å². The van der Waals surface area contributed by atoms with Crippen molar-refractivity contribution >= 4 is 17.7 Å². The van der Waals surface area contributed by atoms with Gasteiger partial charge in [-0.15, -0.1) is 0 Å². The maximum atomic E-state index is 11.8. The summed E-state index contributed by atoms with van der Waals surface area (Å²) in [6.07, 6.45) is 1.00. The van der Waals surface area contributed by atoms with E-state index in [9.17, 15) is 4.79 Å². The SMILES string of the molecule is CC1CSCC1NC(=O)C1CCNC1. The van der Waals surface area contributed by atoms with Gasteiger partial charge in [-0.3, -0.25) is 4.79 Å². The summed E-state index contributed by atoms with van der Waals surface area (Å²) in [5, 5.41) is 6.39. The lowest BCUT2D eigenvalue weighted by Crippen LogP contribution is -2.42. The molecule has 2 N–H and O–H groups in total. The van der Waals surface area contributed by atoms with Crippen LogP contribution >= 0.6 is 11.8 Å². The van der Waals surface area contributed by atoms with Crippen LogP contribution in [0.25, 0.3) is 0 Å². The largest absolute Gasteiger partial charge is 0.352 e. The van der Waals surface area contributed by atoms with Gasteiger partial charge >= 0.3 is 0 Å². The fourth-order valence-electron chi connectivity index (χ4n) is 2.02. The molecule has 2 fully saturated rings. The highest BCUT2D eigenvalue weighted by Gasteiger charge is 2.29. The Balaban J connectivity index is 1.81. The molecule has 1 amide bonds. The Kier molecular flexibility index (Phi) is 3.34. The van der Waals surface area contributed by atoms with Gasteiger partial charge in [0.15, 0.2) is 0 Å². The van der Waals surface area contributed by atoms with E-state index < -0.39 is 0 Å². The number of carbonyl (C=O) groups is 1. The van der Waals surface area contributed by atoms with Crippen LogP contribution in [0.5, 0.6) is 0 Å². The predicted molar refractivity (Wildman–Crippen MR) is 59.4 cm³/mol. The van der Waals surface area contributed by atoms with Crippen LogP contribution in [0, 0.1) is 11.8 Å². The molecular formula is C10H18N2OS. The van der Waals surface area contributed by atoms with Crippen LogP contribution < -0.4 is 10.6 Å². The smallest absolute Gasteiger partial charge is 0.224 e. The van der Waals surface area contributed by atoms with Gasteiger partial charge in [-0.25, -0.2) is 0 Å². The summed E-state index contributed by atoms with van der Waals surface area (Å²) in [5.74, 6) is 3.39. The summed E-state index contributed by atoms with van der Waals surface area (Å²) < 4.78 is 0. The van der Waals surface area contributed by atoms with Crippen molar-refractivity contribution in [3.05, 3.63) is 0 Å². The van der Waals surface area contributed by atoms with Crippen LogP contribution in [0.3, 0.4) is 0 Å². The van der Waals surface area contributed by atoms with Gasteiger partial charge in [0.05, 0.1) is 5.92 Å². The van der Waals surface area contributed by atoms with Crippen LogP contribution in [-0.2, 0) is 4.79 Å². The van der Waals surface area contributed by atoms with Crippen LogP contribution in [0.15, 0.2) is 0 Å². The molecule has 2 heterocycles. The van der Waals surface area contributed by atoms with Gasteiger partial charge in [0.1, 0.15) is 0 Å². The van der Waals surface area contributed by atoms with E-state index in [1.54, 1.807) is 0 Å². The van der Waals surface area contributed by atoms with E-state index >= 15 is 0 Å². The first-order valence-electron chi connectivity index (χ1n) is 5.36. The molecule has 0 spiro atoms. The fraction of sp³-hybridized carbons (Fsp3) is 0.900. The second-order valence-corrected chi connectivity index (χ2v) is 5.39. The number of thioether (sulfide) groups is 1. The van der Waals surface area contributed by atoms with E-state index in [0.29, 0.717) is 12.0 Å². The molecule has 0 saturated carbocycles. The lowest BCUT2D eigenvalue weighted by atomic mass is 10.0. The highest BCUT2D eigenvalue weighted by atomic mass is 32.2. The van der Waals surface area contributed by atoms with Gasteiger partial charge in [-0.2, -0.15) is 11.8 Å². The lowest BCUT2D eigenvalue weighted by Gasteiger charge is -2.18. The number of nitrogens with one attached hydrogen (secondary N) is 2. The summed E-state index contributed by atoms with van der Waals surface area (Å²) in [6, 6.07) is 0.410. The average Bonchev–Trinajstić information content (AvgIpc) is 2.77. The van der Waals surface area contributed by atoms with E-state index in [1.807, 2.05) is 11.8 Å². The molecule has 0 aromatic rings. The van der Waals surface area contributed by atoms with Crippen molar-refractivity contribution in [1.29, 1.82) is 0 Å². The third-order valence-electron chi connectivity index (χ3n) is 3.12. The van der Waals surface area contributed by atoms with Crippen LogP contribution in [0.4, 0.5) is 0 Å². The fourth-order valence-corrected chi connectivity index (χ4v) is 3.43. The molecule has 80 valence electrons. The first kappa shape index (κ1) is 10.3. The molecule has 3 unspecified atom stereocenters. The van der Waals surface area contributed by atoms with Gasteiger partial charge < -0.3 is 10.6 Å². The third-order valence-corrected chi connectivity index (χ3v) is 4.48. The molecule has 0 aromatic heterocycles. The first-order valence-corrected chi connectivity index (χ1v) is 6.51. The van der Waals surface area contributed by atoms with E-state index in [4.69, 9.17) is 0 Å². The second kappa shape index (κ2) is 4.53.